The first-order chi connectivity index (χ1) is 15.6. The van der Waals surface area contributed by atoms with E-state index in [0.717, 1.165) is 56.4 Å². The van der Waals surface area contributed by atoms with Gasteiger partial charge in [0.15, 0.2) is 24.1 Å². The maximum Gasteiger partial charge on any atom is 0.161 e. The van der Waals surface area contributed by atoms with Gasteiger partial charge in [0.1, 0.15) is 0 Å². The lowest BCUT2D eigenvalue weighted by atomic mass is 9.92. The highest BCUT2D eigenvalue weighted by Gasteiger charge is 2.11. The first-order valence-electron chi connectivity index (χ1n) is 10.2. The van der Waals surface area contributed by atoms with Gasteiger partial charge in [0.25, 0.3) is 0 Å². The zero-order chi connectivity index (χ0) is 22.2. The number of hydrogen-bond acceptors (Lipinski definition) is 4. The molecule has 0 heterocycles. The molecule has 4 aromatic rings. The molecule has 0 atom stereocenters. The molecule has 4 aromatic carbocycles. The molecule has 0 N–H and O–H groups in total. The summed E-state index contributed by atoms with van der Waals surface area (Å²) in [5.41, 5.74) is 5.08. The second kappa shape index (κ2) is 7.82. The smallest absolute Gasteiger partial charge is 0.161 e. The van der Waals surface area contributed by atoms with Crippen LogP contribution in [0.5, 0.6) is 11.5 Å². The van der Waals surface area contributed by atoms with E-state index in [-0.39, 0.29) is 0 Å². The number of carbonyl (C=O) groups is 2. The van der Waals surface area contributed by atoms with Crippen molar-refractivity contribution in [2.45, 2.75) is 0 Å². The van der Waals surface area contributed by atoms with Crippen LogP contribution < -0.4 is 9.47 Å². The SMILES string of the molecule is COc1cc2cc3c(cc2cc1OC)/C=C\c1cc2cc(C=O)c(C=O)cc2cc1/C=C\3. The number of carbonyl (C=O) groups excluding carboxylic acids is 2. The molecule has 0 fully saturated rings. The van der Waals surface area contributed by atoms with Crippen molar-refractivity contribution in [2.75, 3.05) is 14.2 Å². The summed E-state index contributed by atoms with van der Waals surface area (Å²) >= 11 is 0. The van der Waals surface area contributed by atoms with Gasteiger partial charge < -0.3 is 9.47 Å². The molecular formula is C28H20O4. The minimum Gasteiger partial charge on any atom is -0.493 e. The van der Waals surface area contributed by atoms with Gasteiger partial charge >= 0.3 is 0 Å². The van der Waals surface area contributed by atoms with Gasteiger partial charge in [-0.05, 0) is 92.3 Å². The molecule has 1 aliphatic rings. The van der Waals surface area contributed by atoms with Crippen LogP contribution in [0.2, 0.25) is 0 Å². The minimum atomic E-state index is 0.402. The van der Waals surface area contributed by atoms with E-state index in [0.29, 0.717) is 22.6 Å². The van der Waals surface area contributed by atoms with Gasteiger partial charge in [-0.25, -0.2) is 0 Å². The summed E-state index contributed by atoms with van der Waals surface area (Å²) in [7, 11) is 3.27. The molecule has 0 amide bonds. The van der Waals surface area contributed by atoms with Crippen LogP contribution in [0.15, 0.2) is 48.5 Å². The lowest BCUT2D eigenvalue weighted by Crippen LogP contribution is -1.94. The van der Waals surface area contributed by atoms with E-state index in [4.69, 9.17) is 9.47 Å². The largest absolute Gasteiger partial charge is 0.493 e. The Labute approximate surface area is 185 Å². The van der Waals surface area contributed by atoms with Crippen LogP contribution in [0.4, 0.5) is 0 Å². The molecular weight excluding hydrogens is 400 g/mol. The highest BCUT2D eigenvalue weighted by atomic mass is 16.5. The Morgan fingerprint density at radius 2 is 0.812 bits per heavy atom. The fraction of sp³-hybridized carbons (Fsp3) is 0.0714. The summed E-state index contributed by atoms with van der Waals surface area (Å²) in [6, 6.07) is 15.9. The molecule has 0 saturated heterocycles. The molecule has 4 nitrogen and oxygen atoms in total. The topological polar surface area (TPSA) is 52.6 Å². The monoisotopic (exact) mass is 420 g/mol. The van der Waals surface area contributed by atoms with Gasteiger partial charge in [-0.15, -0.1) is 0 Å². The second-order valence-corrected chi connectivity index (χ2v) is 7.75. The van der Waals surface area contributed by atoms with E-state index in [1.54, 1.807) is 26.4 Å². The zero-order valence-electron chi connectivity index (χ0n) is 17.7. The van der Waals surface area contributed by atoms with Gasteiger partial charge in [0.05, 0.1) is 14.2 Å². The number of aldehydes is 2. The normalized spacial score (nSPS) is 14.1. The van der Waals surface area contributed by atoms with E-state index in [1.807, 2.05) is 24.3 Å². The van der Waals surface area contributed by atoms with Crippen LogP contribution >= 0.6 is 0 Å². The highest BCUT2D eigenvalue weighted by molar-refractivity contribution is 6.01. The van der Waals surface area contributed by atoms with Crippen LogP contribution in [-0.4, -0.2) is 26.8 Å². The molecule has 32 heavy (non-hydrogen) atoms. The number of benzene rings is 4. The first-order valence-corrected chi connectivity index (χ1v) is 10.2. The van der Waals surface area contributed by atoms with Crippen LogP contribution in [0.25, 0.3) is 45.8 Å². The van der Waals surface area contributed by atoms with E-state index in [2.05, 4.69) is 36.4 Å². The molecule has 1 aliphatic carbocycles. The fourth-order valence-electron chi connectivity index (χ4n) is 4.22. The average molecular weight is 420 g/mol. The molecule has 0 aromatic heterocycles. The van der Waals surface area contributed by atoms with Crippen molar-refractivity contribution in [1.82, 2.24) is 0 Å². The fourth-order valence-corrected chi connectivity index (χ4v) is 4.22. The molecule has 0 radical (unpaired) electrons. The number of hydrogen-bond donors (Lipinski definition) is 0. The van der Waals surface area contributed by atoms with E-state index in [9.17, 15) is 9.59 Å². The van der Waals surface area contributed by atoms with Crippen LogP contribution in [0, 0.1) is 0 Å². The molecule has 0 bridgehead atoms. The Hall–Kier alpha value is -4.18. The Kier molecular flexibility index (Phi) is 4.83. The summed E-state index contributed by atoms with van der Waals surface area (Å²) in [4.78, 5) is 22.7. The van der Waals surface area contributed by atoms with Gasteiger partial charge in [-0.3, -0.25) is 9.59 Å². The van der Waals surface area contributed by atoms with Crippen LogP contribution in [-0.2, 0) is 0 Å². The molecule has 0 spiro atoms. The predicted octanol–water partition coefficient (Wildman–Crippen LogP) is 6.29. The lowest BCUT2D eigenvalue weighted by Gasteiger charge is -2.13. The minimum absolute atomic E-state index is 0.402. The summed E-state index contributed by atoms with van der Waals surface area (Å²) in [6.07, 6.45) is 9.80. The molecule has 0 saturated carbocycles. The van der Waals surface area contributed by atoms with Crippen molar-refractivity contribution in [3.8, 4) is 11.5 Å². The quantitative estimate of drug-likeness (QED) is 0.321. The van der Waals surface area contributed by atoms with E-state index < -0.39 is 0 Å². The second-order valence-electron chi connectivity index (χ2n) is 7.75. The zero-order valence-corrected chi connectivity index (χ0v) is 17.7. The summed E-state index contributed by atoms with van der Waals surface area (Å²) in [5, 5.41) is 3.97. The first kappa shape index (κ1) is 19.8. The predicted molar refractivity (Wildman–Crippen MR) is 130 cm³/mol. The standard InChI is InChI=1S/C28H20O4/c1-31-27-13-23-9-19-5-3-17-7-21-11-25(15-29)26(16-30)12-22(21)8-18(17)4-6-20(19)10-24(23)14-28(27)32-2/h3-16H,1-2H3/b5-3-,6-4-,17-3?,18-4?,19-5?,20-6?. The third-order valence-corrected chi connectivity index (χ3v) is 5.93. The molecule has 5 rings (SSSR count). The van der Waals surface area contributed by atoms with Crippen molar-refractivity contribution in [2.24, 2.45) is 0 Å². The molecule has 4 heteroatoms. The van der Waals surface area contributed by atoms with Crippen molar-refractivity contribution in [3.63, 3.8) is 0 Å². The summed E-state index contributed by atoms with van der Waals surface area (Å²) < 4.78 is 10.9. The Morgan fingerprint density at radius 1 is 0.500 bits per heavy atom. The molecule has 0 unspecified atom stereocenters. The maximum atomic E-state index is 11.3. The van der Waals surface area contributed by atoms with Crippen molar-refractivity contribution in [1.29, 1.82) is 0 Å². The summed E-state index contributed by atoms with van der Waals surface area (Å²) in [6.45, 7) is 0. The van der Waals surface area contributed by atoms with Crippen LogP contribution in [0.3, 0.4) is 0 Å². The number of methoxy groups -OCH3 is 2. The molecule has 0 aliphatic heterocycles. The third-order valence-electron chi connectivity index (χ3n) is 5.93. The van der Waals surface area contributed by atoms with Crippen molar-refractivity contribution >= 4 is 58.4 Å². The Bertz CT molecular complexity index is 1360. The number of rotatable bonds is 4. The highest BCUT2D eigenvalue weighted by Crippen LogP contribution is 2.35. The Morgan fingerprint density at radius 3 is 1.09 bits per heavy atom. The Balaban J connectivity index is 1.67. The van der Waals surface area contributed by atoms with Crippen LogP contribution in [0.1, 0.15) is 43.0 Å². The van der Waals surface area contributed by atoms with Gasteiger partial charge in [-0.2, -0.15) is 0 Å². The number of ether oxygens (including phenoxy) is 2. The van der Waals surface area contributed by atoms with E-state index in [1.165, 1.54) is 0 Å². The lowest BCUT2D eigenvalue weighted by molar-refractivity contribution is 0.109. The third kappa shape index (κ3) is 3.26. The molecule has 156 valence electrons. The summed E-state index contributed by atoms with van der Waals surface area (Å²) in [5.74, 6) is 1.39. The van der Waals surface area contributed by atoms with Gasteiger partial charge in [-0.1, -0.05) is 24.3 Å². The van der Waals surface area contributed by atoms with Gasteiger partial charge in [0.2, 0.25) is 0 Å². The van der Waals surface area contributed by atoms with E-state index >= 15 is 0 Å². The average Bonchev–Trinajstić information content (AvgIpc) is 2.82. The van der Waals surface area contributed by atoms with Crippen molar-refractivity contribution in [3.05, 3.63) is 81.9 Å². The van der Waals surface area contributed by atoms with Gasteiger partial charge in [0, 0.05) is 11.1 Å². The number of fused-ring (bicyclic) bond motifs is 4. The van der Waals surface area contributed by atoms with Crippen molar-refractivity contribution < 1.29 is 19.1 Å². The maximum absolute atomic E-state index is 11.3.